The molecule has 0 aromatic carbocycles. The minimum atomic E-state index is -0.528. The third kappa shape index (κ3) is 2.38. The van der Waals surface area contributed by atoms with Crippen LogP contribution in [0.15, 0.2) is 0 Å². The van der Waals surface area contributed by atoms with Crippen LogP contribution in [0, 0.1) is 0 Å². The van der Waals surface area contributed by atoms with Crippen LogP contribution >= 0.6 is 0 Å². The lowest BCUT2D eigenvalue weighted by atomic mass is 9.42. The van der Waals surface area contributed by atoms with Gasteiger partial charge in [0.2, 0.25) is 0 Å². The smallest absolute Gasteiger partial charge is 0.310 e. The number of aliphatic hydroxyl groups excluding tert-OH is 1. The van der Waals surface area contributed by atoms with Gasteiger partial charge in [-0.3, -0.25) is 0 Å². The molecule has 0 spiro atoms. The zero-order valence-electron chi connectivity index (χ0n) is 5.46. The molecule has 4 heteroatoms. The summed E-state index contributed by atoms with van der Waals surface area (Å²) in [4.78, 5) is 0. The molecule has 0 aliphatic rings. The van der Waals surface area contributed by atoms with E-state index in [1.165, 1.54) is 0 Å². The second kappa shape index (κ2) is 3.98. The third-order valence-electron chi connectivity index (χ3n) is 1.49. The lowest BCUT2D eigenvalue weighted by Gasteiger charge is -2.07. The first kappa shape index (κ1) is 8.05. The molecule has 0 saturated heterocycles. The maximum absolute atomic E-state index is 8.88. The van der Waals surface area contributed by atoms with E-state index in [1.807, 2.05) is 13.7 Å². The largest absolute Gasteiger partial charge is 0.449 e. The molecule has 0 aliphatic heterocycles. The highest BCUT2D eigenvalue weighted by molar-refractivity contribution is 6.66. The van der Waals surface area contributed by atoms with Gasteiger partial charge in [0.25, 0.3) is 0 Å². The zero-order valence-corrected chi connectivity index (χ0v) is 5.46. The average Bonchev–Trinajstić information content (AvgIpc) is 1.84. The average molecular weight is 114 g/mol. The summed E-state index contributed by atoms with van der Waals surface area (Å²) < 4.78 is 0. The quantitative estimate of drug-likeness (QED) is 0.477. The van der Waals surface area contributed by atoms with Gasteiger partial charge < -0.3 is 10.1 Å². The monoisotopic (exact) mass is 114 g/mol. The topological polar surface area (TPSA) is 40.5 Å². The van der Waals surface area contributed by atoms with Crippen molar-refractivity contribution >= 4 is 14.2 Å². The van der Waals surface area contributed by atoms with E-state index in [0.717, 1.165) is 7.28 Å². The van der Waals surface area contributed by atoms with Crippen LogP contribution in [0.3, 0.4) is 0 Å². The summed E-state index contributed by atoms with van der Waals surface area (Å²) in [6, 6.07) is 0. The molecule has 0 bridgehead atoms. The second-order valence-corrected chi connectivity index (χ2v) is 2.14. The Labute approximate surface area is 51.3 Å². The molecular formula is C4H12B2O2. The number of hydrogen-bond donors (Lipinski definition) is 2. The maximum atomic E-state index is 8.88. The van der Waals surface area contributed by atoms with Crippen LogP contribution in [0.4, 0.5) is 0 Å². The van der Waals surface area contributed by atoms with Crippen LogP contribution in [0.2, 0.25) is 12.5 Å². The molecule has 0 radical (unpaired) electrons. The minimum Gasteiger partial charge on any atom is -0.449 e. The molecule has 0 heterocycles. The Bertz CT molecular complexity index is 52.0. The van der Waals surface area contributed by atoms with Gasteiger partial charge in [-0.15, -0.1) is 0 Å². The third-order valence-corrected chi connectivity index (χ3v) is 1.49. The van der Waals surface area contributed by atoms with E-state index < -0.39 is 6.92 Å². The Hall–Kier alpha value is 0.0499. The molecule has 0 aromatic heterocycles. The van der Waals surface area contributed by atoms with Crippen LogP contribution in [0.5, 0.6) is 0 Å². The summed E-state index contributed by atoms with van der Waals surface area (Å²) in [6.45, 7) is 3.26. The fourth-order valence-electron chi connectivity index (χ4n) is 0.452. The number of aliphatic hydroxyl groups is 1. The summed E-state index contributed by atoms with van der Waals surface area (Å²) >= 11 is 0. The zero-order chi connectivity index (χ0) is 6.57. The summed E-state index contributed by atoms with van der Waals surface area (Å²) in [5.41, 5.74) is 0.222. The Morgan fingerprint density at radius 3 is 2.38 bits per heavy atom. The van der Waals surface area contributed by atoms with Gasteiger partial charge in [-0.1, -0.05) is 19.5 Å². The molecule has 2 N–H and O–H groups in total. The second-order valence-electron chi connectivity index (χ2n) is 2.14. The molecule has 1 atom stereocenters. The van der Waals surface area contributed by atoms with Gasteiger partial charge in [0, 0.05) is 6.51 Å². The molecule has 0 rings (SSSR count). The van der Waals surface area contributed by atoms with Crippen molar-refractivity contribution in [2.24, 2.45) is 0 Å². The van der Waals surface area contributed by atoms with Crippen LogP contribution < -0.4 is 0 Å². The Kier molecular flexibility index (Phi) is 4.01. The summed E-state index contributed by atoms with van der Waals surface area (Å²) in [5, 5.41) is 17.3. The first-order valence-corrected chi connectivity index (χ1v) is 3.01. The highest BCUT2D eigenvalue weighted by Gasteiger charge is 2.16. The first-order valence-electron chi connectivity index (χ1n) is 3.01. The van der Waals surface area contributed by atoms with Crippen molar-refractivity contribution in [3.8, 4) is 0 Å². The van der Waals surface area contributed by atoms with Crippen LogP contribution in [-0.2, 0) is 0 Å². The van der Waals surface area contributed by atoms with Gasteiger partial charge >= 0.3 is 6.92 Å². The Morgan fingerprint density at radius 2 is 2.25 bits per heavy atom. The highest BCUT2D eigenvalue weighted by atomic mass is 16.3. The van der Waals surface area contributed by atoms with Gasteiger partial charge in [0.1, 0.15) is 7.28 Å². The van der Waals surface area contributed by atoms with Gasteiger partial charge in [0.15, 0.2) is 0 Å². The van der Waals surface area contributed by atoms with Gasteiger partial charge in [-0.05, 0) is 0 Å². The minimum absolute atomic E-state index is 0.116. The van der Waals surface area contributed by atoms with E-state index >= 15 is 0 Å². The summed E-state index contributed by atoms with van der Waals surface area (Å²) in [7, 11) is 0.918. The molecule has 1 unspecified atom stereocenters. The molecule has 8 heavy (non-hydrogen) atoms. The molecular weight excluding hydrogens is 102 g/mol. The van der Waals surface area contributed by atoms with E-state index in [9.17, 15) is 0 Å². The van der Waals surface area contributed by atoms with E-state index in [2.05, 4.69) is 0 Å². The van der Waals surface area contributed by atoms with Crippen LogP contribution in [0.1, 0.15) is 6.92 Å². The van der Waals surface area contributed by atoms with E-state index in [4.69, 9.17) is 10.1 Å². The van der Waals surface area contributed by atoms with Crippen molar-refractivity contribution in [1.82, 2.24) is 0 Å². The summed E-state index contributed by atoms with van der Waals surface area (Å²) in [6.07, 6.45) is 0. The van der Waals surface area contributed by atoms with Crippen LogP contribution in [-0.4, -0.2) is 30.8 Å². The van der Waals surface area contributed by atoms with Gasteiger partial charge in [0.05, 0.1) is 0 Å². The number of rotatable bonds is 3. The molecule has 0 aliphatic carbocycles. The van der Waals surface area contributed by atoms with Crippen molar-refractivity contribution in [2.45, 2.75) is 19.5 Å². The summed E-state index contributed by atoms with van der Waals surface area (Å²) in [5.74, 6) is 0. The highest BCUT2D eigenvalue weighted by Crippen LogP contribution is 2.01. The maximum Gasteiger partial charge on any atom is 0.310 e. The lowest BCUT2D eigenvalue weighted by molar-refractivity contribution is 0.337. The Morgan fingerprint density at radius 1 is 1.75 bits per heavy atom. The molecule has 46 valence electrons. The van der Waals surface area contributed by atoms with Gasteiger partial charge in [-0.25, -0.2) is 0 Å². The fourth-order valence-corrected chi connectivity index (χ4v) is 0.452. The van der Waals surface area contributed by atoms with Crippen molar-refractivity contribution < 1.29 is 10.1 Å². The molecule has 0 saturated carbocycles. The normalized spacial score (nSPS) is 13.0. The van der Waals surface area contributed by atoms with E-state index in [0.29, 0.717) is 0 Å². The van der Waals surface area contributed by atoms with E-state index in [1.54, 1.807) is 0 Å². The van der Waals surface area contributed by atoms with Crippen molar-refractivity contribution in [2.75, 3.05) is 6.51 Å². The predicted molar refractivity (Wildman–Crippen MR) is 37.5 cm³/mol. The molecule has 0 amide bonds. The fraction of sp³-hybridized carbons (Fsp3) is 1.00. The van der Waals surface area contributed by atoms with Crippen molar-refractivity contribution in [3.05, 3.63) is 0 Å². The SMILES string of the molecule is CBC(C)B(O)CO. The van der Waals surface area contributed by atoms with Crippen LogP contribution in [0.25, 0.3) is 0 Å². The predicted octanol–water partition coefficient (Wildman–Crippen LogP) is -0.666. The molecule has 0 aromatic rings. The molecule has 0 fully saturated rings. The standard InChI is InChI=1S/C4H12B2O2/c1-4(5-2)6(8)3-7/h4-5,7-8H,3H2,1-2H3. The first-order chi connectivity index (χ1) is 3.72. The Balaban J connectivity index is 3.29. The molecule has 2 nitrogen and oxygen atoms in total. The van der Waals surface area contributed by atoms with Gasteiger partial charge in [-0.2, -0.15) is 0 Å². The van der Waals surface area contributed by atoms with E-state index in [-0.39, 0.29) is 12.2 Å². The van der Waals surface area contributed by atoms with Crippen molar-refractivity contribution in [1.29, 1.82) is 0 Å². The lowest BCUT2D eigenvalue weighted by Crippen LogP contribution is -2.26. The van der Waals surface area contributed by atoms with Crippen molar-refractivity contribution in [3.63, 3.8) is 0 Å². The number of hydrogen-bond acceptors (Lipinski definition) is 2.